The number of nitrogens with one attached hydrogen (secondary N) is 1. The summed E-state index contributed by atoms with van der Waals surface area (Å²) in [4.78, 5) is 69.3. The van der Waals surface area contributed by atoms with Gasteiger partial charge in [0.25, 0.3) is 0 Å². The van der Waals surface area contributed by atoms with E-state index in [9.17, 15) is 34.2 Å². The number of unbranched alkanes of at least 4 members (excludes halogenated alkanes) is 1. The standard InChI is InChI=1S/C43H47BrClN3O7/c1-26(42(54)47-37(27(2)49)24-28-7-20-38(51)36(44)23-28)22-40(53)41(32-14-18-35(50)19-15-32)48(3)43(55)33(6-4-5-21-46)25-39(52)31-10-8-29(9-11-31)30-12-16-34(45)17-13-30/h7-20,23,26,33,37,41,50-51H,4-6,21-22,24-25,46H2,1-3H3,(H,47,54)/t26-,33-,37+,41+/m1/s1. The van der Waals surface area contributed by atoms with Gasteiger partial charge in [-0.3, -0.25) is 24.0 Å². The molecule has 0 fully saturated rings. The minimum atomic E-state index is -1.13. The SMILES string of the molecule is CC(=O)[C@H](Cc1ccc(O)c(Br)c1)NC(=O)[C@H](C)CC(=O)[C@H](c1ccc(O)cc1)N(C)C(=O)[C@H](CCCCN)CC(=O)c1ccc(-c2ccc(Cl)cc2)cc1. The average Bonchev–Trinajstić information content (AvgIpc) is 3.16. The maximum absolute atomic E-state index is 14.3. The number of rotatable bonds is 19. The number of carbonyl (C=O) groups is 5. The summed E-state index contributed by atoms with van der Waals surface area (Å²) in [7, 11) is 1.51. The molecule has 0 heterocycles. The van der Waals surface area contributed by atoms with Gasteiger partial charge in [-0.1, -0.05) is 79.5 Å². The number of amides is 2. The van der Waals surface area contributed by atoms with Crippen LogP contribution in [0.25, 0.3) is 11.1 Å². The van der Waals surface area contributed by atoms with Gasteiger partial charge in [0, 0.05) is 42.3 Å². The molecular weight excluding hydrogens is 786 g/mol. The van der Waals surface area contributed by atoms with E-state index in [1.165, 1.54) is 37.1 Å². The van der Waals surface area contributed by atoms with Crippen molar-refractivity contribution < 1.29 is 34.2 Å². The van der Waals surface area contributed by atoms with Crippen LogP contribution in [0.3, 0.4) is 0 Å². The van der Waals surface area contributed by atoms with Gasteiger partial charge in [-0.25, -0.2) is 0 Å². The van der Waals surface area contributed by atoms with E-state index in [4.69, 9.17) is 17.3 Å². The summed E-state index contributed by atoms with van der Waals surface area (Å²) in [5.41, 5.74) is 9.19. The second-order valence-corrected chi connectivity index (χ2v) is 15.2. The van der Waals surface area contributed by atoms with E-state index in [1.807, 2.05) is 24.3 Å². The minimum Gasteiger partial charge on any atom is -0.508 e. The Kier molecular flexibility index (Phi) is 15.7. The summed E-state index contributed by atoms with van der Waals surface area (Å²) in [6.07, 6.45) is 1.43. The summed E-state index contributed by atoms with van der Waals surface area (Å²) in [5.74, 6) is -3.49. The first kappa shape index (κ1) is 42.9. The summed E-state index contributed by atoms with van der Waals surface area (Å²) in [5, 5.41) is 23.2. The molecule has 10 nitrogen and oxygen atoms in total. The molecule has 12 heteroatoms. The van der Waals surface area contributed by atoms with E-state index in [2.05, 4.69) is 21.2 Å². The third-order valence-electron chi connectivity index (χ3n) is 9.63. The highest BCUT2D eigenvalue weighted by Crippen LogP contribution is 2.30. The van der Waals surface area contributed by atoms with Crippen LogP contribution in [0.2, 0.25) is 5.02 Å². The van der Waals surface area contributed by atoms with E-state index in [-0.39, 0.29) is 42.3 Å². The highest BCUT2D eigenvalue weighted by atomic mass is 79.9. The smallest absolute Gasteiger partial charge is 0.226 e. The lowest BCUT2D eigenvalue weighted by Gasteiger charge is -2.31. The van der Waals surface area contributed by atoms with E-state index in [1.54, 1.807) is 55.5 Å². The molecule has 55 heavy (non-hydrogen) atoms. The maximum Gasteiger partial charge on any atom is 0.226 e. The van der Waals surface area contributed by atoms with Crippen LogP contribution in [0.4, 0.5) is 0 Å². The molecule has 0 saturated carbocycles. The molecular formula is C43H47BrClN3O7. The molecule has 0 radical (unpaired) electrons. The van der Waals surface area contributed by atoms with Gasteiger partial charge in [-0.2, -0.15) is 0 Å². The minimum absolute atomic E-state index is 0.0278. The second-order valence-electron chi connectivity index (χ2n) is 13.9. The van der Waals surface area contributed by atoms with Crippen LogP contribution < -0.4 is 11.1 Å². The summed E-state index contributed by atoms with van der Waals surface area (Å²) >= 11 is 9.30. The van der Waals surface area contributed by atoms with Crippen molar-refractivity contribution in [2.75, 3.05) is 13.6 Å². The zero-order valence-corrected chi connectivity index (χ0v) is 33.5. The number of carbonyl (C=O) groups excluding carboxylic acids is 5. The predicted molar refractivity (Wildman–Crippen MR) is 217 cm³/mol. The summed E-state index contributed by atoms with van der Waals surface area (Å²) < 4.78 is 0.450. The molecule has 0 aliphatic carbocycles. The number of phenolic OH excluding ortho intramolecular Hbond substituents is 2. The molecule has 4 rings (SSSR count). The van der Waals surface area contributed by atoms with Crippen LogP contribution in [0.5, 0.6) is 11.5 Å². The van der Waals surface area contributed by atoms with E-state index in [0.29, 0.717) is 52.0 Å². The van der Waals surface area contributed by atoms with Gasteiger partial charge in [-0.05, 0) is 107 Å². The number of nitrogens with zero attached hydrogens (tertiary/aromatic N) is 1. The zero-order valence-electron chi connectivity index (χ0n) is 31.1. The second kappa shape index (κ2) is 20.2. The van der Waals surface area contributed by atoms with Gasteiger partial charge in [0.15, 0.2) is 17.3 Å². The number of ketones is 3. The molecule has 4 atom stereocenters. The van der Waals surface area contributed by atoms with Crippen LogP contribution in [-0.2, 0) is 25.6 Å². The van der Waals surface area contributed by atoms with Gasteiger partial charge in [0.1, 0.15) is 17.5 Å². The monoisotopic (exact) mass is 831 g/mol. The van der Waals surface area contributed by atoms with Gasteiger partial charge in [-0.15, -0.1) is 0 Å². The Morgan fingerprint density at radius 3 is 2.05 bits per heavy atom. The number of hydrogen-bond acceptors (Lipinski definition) is 8. The fourth-order valence-electron chi connectivity index (χ4n) is 6.41. The number of benzene rings is 4. The lowest BCUT2D eigenvalue weighted by Crippen LogP contribution is -2.45. The summed E-state index contributed by atoms with van der Waals surface area (Å²) in [6, 6.07) is 23.2. The average molecular weight is 833 g/mol. The van der Waals surface area contributed by atoms with Crippen molar-refractivity contribution in [3.05, 3.63) is 117 Å². The van der Waals surface area contributed by atoms with Crippen molar-refractivity contribution in [1.29, 1.82) is 0 Å². The third kappa shape index (κ3) is 12.1. The highest BCUT2D eigenvalue weighted by Gasteiger charge is 2.35. The number of hydrogen-bond donors (Lipinski definition) is 4. The van der Waals surface area contributed by atoms with Gasteiger partial charge < -0.3 is 26.2 Å². The Labute approximate surface area is 335 Å². The lowest BCUT2D eigenvalue weighted by atomic mass is 9.89. The molecule has 4 aromatic rings. The quantitative estimate of drug-likeness (QED) is 0.0554. The molecule has 0 spiro atoms. The van der Waals surface area contributed by atoms with Gasteiger partial charge in [0.2, 0.25) is 11.8 Å². The van der Waals surface area contributed by atoms with E-state index >= 15 is 0 Å². The highest BCUT2D eigenvalue weighted by molar-refractivity contribution is 9.10. The normalized spacial score (nSPS) is 13.3. The van der Waals surface area contributed by atoms with Crippen LogP contribution in [0.15, 0.2) is 95.5 Å². The summed E-state index contributed by atoms with van der Waals surface area (Å²) in [6.45, 7) is 3.36. The van der Waals surface area contributed by atoms with Gasteiger partial charge in [0.05, 0.1) is 10.5 Å². The number of aromatic hydroxyl groups is 2. The molecule has 0 bridgehead atoms. The number of likely N-dealkylation sites (N-methyl/N-ethyl adjacent to an activating group) is 1. The number of nitrogens with two attached hydrogens (primary N) is 1. The van der Waals surface area contributed by atoms with Crippen LogP contribution in [0.1, 0.15) is 73.5 Å². The first-order valence-electron chi connectivity index (χ1n) is 18.1. The molecule has 4 aromatic carbocycles. The Hall–Kier alpha value is -4.84. The zero-order chi connectivity index (χ0) is 40.2. The molecule has 0 saturated heterocycles. The predicted octanol–water partition coefficient (Wildman–Crippen LogP) is 7.61. The van der Waals surface area contributed by atoms with E-state index < -0.39 is 41.5 Å². The molecule has 0 aliphatic heterocycles. The molecule has 0 aliphatic rings. The van der Waals surface area contributed by atoms with Crippen LogP contribution in [0, 0.1) is 11.8 Å². The van der Waals surface area contributed by atoms with Crippen molar-refractivity contribution >= 4 is 56.7 Å². The van der Waals surface area contributed by atoms with Crippen molar-refractivity contribution in [2.24, 2.45) is 17.6 Å². The fraction of sp³-hybridized carbons (Fsp3) is 0.326. The first-order chi connectivity index (χ1) is 26.2. The molecule has 5 N–H and O–H groups in total. The Morgan fingerprint density at radius 1 is 0.855 bits per heavy atom. The van der Waals surface area contributed by atoms with Crippen LogP contribution >= 0.6 is 27.5 Å². The number of Topliss-reactive ketones (excluding diaryl/α,β-unsaturated/α-hetero) is 3. The van der Waals surface area contributed by atoms with Crippen molar-refractivity contribution in [2.45, 2.75) is 64.5 Å². The molecule has 0 aromatic heterocycles. The maximum atomic E-state index is 14.3. The molecule has 0 unspecified atom stereocenters. The first-order valence-corrected chi connectivity index (χ1v) is 19.3. The molecule has 2 amide bonds. The lowest BCUT2D eigenvalue weighted by molar-refractivity contribution is -0.142. The topological polar surface area (TPSA) is 167 Å². The fourth-order valence-corrected chi connectivity index (χ4v) is 6.96. The number of halogens is 2. The van der Waals surface area contributed by atoms with Gasteiger partial charge >= 0.3 is 0 Å². The van der Waals surface area contributed by atoms with Crippen molar-refractivity contribution in [1.82, 2.24) is 10.2 Å². The Balaban J connectivity index is 1.52. The Bertz CT molecular complexity index is 1970. The van der Waals surface area contributed by atoms with E-state index in [0.717, 1.165) is 11.1 Å². The van der Waals surface area contributed by atoms with Crippen LogP contribution in [-0.4, -0.2) is 63.9 Å². The largest absolute Gasteiger partial charge is 0.508 e. The number of phenols is 2. The third-order valence-corrected chi connectivity index (χ3v) is 10.5. The Morgan fingerprint density at radius 2 is 1.47 bits per heavy atom. The van der Waals surface area contributed by atoms with Crippen molar-refractivity contribution in [3.8, 4) is 22.6 Å². The molecule has 290 valence electrons. The van der Waals surface area contributed by atoms with Crippen molar-refractivity contribution in [3.63, 3.8) is 0 Å².